The highest BCUT2D eigenvalue weighted by molar-refractivity contribution is 6.04. The fourth-order valence-electron chi connectivity index (χ4n) is 3.12. The summed E-state index contributed by atoms with van der Waals surface area (Å²) < 4.78 is 10.3. The summed E-state index contributed by atoms with van der Waals surface area (Å²) >= 11 is 0. The van der Waals surface area contributed by atoms with Crippen molar-refractivity contribution in [1.29, 1.82) is 0 Å². The third kappa shape index (κ3) is 1.49. The van der Waals surface area contributed by atoms with Gasteiger partial charge in [0.05, 0.1) is 13.7 Å². The van der Waals surface area contributed by atoms with Crippen LogP contribution in [-0.4, -0.2) is 43.1 Å². The maximum atomic E-state index is 12.5. The molecule has 0 saturated heterocycles. The third-order valence-electron chi connectivity index (χ3n) is 4.33. The Kier molecular flexibility index (Phi) is 2.74. The van der Waals surface area contributed by atoms with Gasteiger partial charge in [-0.05, 0) is 31.0 Å². The number of hydrogen-bond acceptors (Lipinski definition) is 4. The standard InChI is InChI=1S/C15H17NO4/c1-4-20-14(18)15-8-12(15)10-6-5-9(19-3)7-11(10)13(17)16(15)2/h5-7,12H,4,8H2,1-3H3. The molecule has 1 fully saturated rings. The number of benzene rings is 1. The van der Waals surface area contributed by atoms with E-state index in [1.807, 2.05) is 12.1 Å². The van der Waals surface area contributed by atoms with E-state index < -0.39 is 5.54 Å². The number of hydrogen-bond donors (Lipinski definition) is 0. The van der Waals surface area contributed by atoms with E-state index in [2.05, 4.69) is 0 Å². The number of likely N-dealkylation sites (N-methyl/N-ethyl adjacent to an activating group) is 1. The quantitative estimate of drug-likeness (QED) is 0.786. The molecule has 1 heterocycles. The van der Waals surface area contributed by atoms with Crippen molar-refractivity contribution in [2.24, 2.45) is 0 Å². The van der Waals surface area contributed by atoms with Crippen LogP contribution in [0.25, 0.3) is 0 Å². The molecule has 1 aliphatic carbocycles. The second kappa shape index (κ2) is 4.23. The van der Waals surface area contributed by atoms with Crippen LogP contribution in [0.15, 0.2) is 18.2 Å². The molecule has 1 aromatic carbocycles. The first-order valence-electron chi connectivity index (χ1n) is 6.69. The van der Waals surface area contributed by atoms with E-state index in [9.17, 15) is 9.59 Å². The zero-order valence-corrected chi connectivity index (χ0v) is 11.8. The highest BCUT2D eigenvalue weighted by atomic mass is 16.5. The molecule has 1 amide bonds. The van der Waals surface area contributed by atoms with Gasteiger partial charge in [0.25, 0.3) is 5.91 Å². The minimum atomic E-state index is -0.797. The molecule has 0 aromatic heterocycles. The molecule has 2 atom stereocenters. The Balaban J connectivity index is 2.04. The molecule has 2 unspecified atom stereocenters. The Morgan fingerprint density at radius 3 is 2.90 bits per heavy atom. The maximum Gasteiger partial charge on any atom is 0.332 e. The first-order valence-corrected chi connectivity index (χ1v) is 6.69. The molecule has 106 valence electrons. The highest BCUT2D eigenvalue weighted by Crippen LogP contribution is 2.59. The summed E-state index contributed by atoms with van der Waals surface area (Å²) in [5, 5.41) is 0. The van der Waals surface area contributed by atoms with Gasteiger partial charge >= 0.3 is 5.97 Å². The van der Waals surface area contributed by atoms with Gasteiger partial charge in [0.1, 0.15) is 11.3 Å². The molecule has 1 aliphatic heterocycles. The minimum Gasteiger partial charge on any atom is -0.497 e. The maximum absolute atomic E-state index is 12.5. The van der Waals surface area contributed by atoms with Crippen LogP contribution in [0.5, 0.6) is 5.75 Å². The molecule has 0 spiro atoms. The van der Waals surface area contributed by atoms with Crippen molar-refractivity contribution in [3.8, 4) is 5.75 Å². The first kappa shape index (κ1) is 13.0. The van der Waals surface area contributed by atoms with Crippen LogP contribution in [0, 0.1) is 0 Å². The largest absolute Gasteiger partial charge is 0.497 e. The van der Waals surface area contributed by atoms with Gasteiger partial charge in [0.15, 0.2) is 0 Å². The predicted molar refractivity (Wildman–Crippen MR) is 71.8 cm³/mol. The van der Waals surface area contributed by atoms with Crippen LogP contribution in [-0.2, 0) is 9.53 Å². The summed E-state index contributed by atoms with van der Waals surface area (Å²) in [5.41, 5.74) is 0.741. The molecule has 5 heteroatoms. The van der Waals surface area contributed by atoms with Crippen LogP contribution < -0.4 is 4.74 Å². The number of methoxy groups -OCH3 is 1. The summed E-state index contributed by atoms with van der Waals surface area (Å²) in [5.74, 6) is 0.225. The molecule has 3 rings (SSSR count). The Bertz CT molecular complexity index is 598. The van der Waals surface area contributed by atoms with Crippen molar-refractivity contribution >= 4 is 11.9 Å². The Hall–Kier alpha value is -2.04. The van der Waals surface area contributed by atoms with Crippen LogP contribution >= 0.6 is 0 Å². The third-order valence-corrected chi connectivity index (χ3v) is 4.33. The van der Waals surface area contributed by atoms with E-state index in [4.69, 9.17) is 9.47 Å². The molecular formula is C15H17NO4. The zero-order chi connectivity index (χ0) is 14.5. The van der Waals surface area contributed by atoms with Gasteiger partial charge in [-0.3, -0.25) is 4.79 Å². The first-order chi connectivity index (χ1) is 9.56. The molecule has 0 radical (unpaired) electrons. The van der Waals surface area contributed by atoms with Gasteiger partial charge in [0, 0.05) is 18.5 Å². The van der Waals surface area contributed by atoms with E-state index in [1.54, 1.807) is 27.1 Å². The summed E-state index contributed by atoms with van der Waals surface area (Å²) in [7, 11) is 3.24. The topological polar surface area (TPSA) is 55.8 Å². The van der Waals surface area contributed by atoms with Gasteiger partial charge in [-0.15, -0.1) is 0 Å². The van der Waals surface area contributed by atoms with Gasteiger partial charge < -0.3 is 14.4 Å². The number of amides is 1. The zero-order valence-electron chi connectivity index (χ0n) is 11.8. The minimum absolute atomic E-state index is 0.0326. The van der Waals surface area contributed by atoms with Crippen LogP contribution in [0.1, 0.15) is 35.2 Å². The van der Waals surface area contributed by atoms with Crippen molar-refractivity contribution in [2.45, 2.75) is 24.8 Å². The second-order valence-corrected chi connectivity index (χ2v) is 5.22. The van der Waals surface area contributed by atoms with Crippen LogP contribution in [0.4, 0.5) is 0 Å². The molecule has 2 aliphatic rings. The monoisotopic (exact) mass is 275 g/mol. The number of nitrogens with zero attached hydrogens (tertiary/aromatic N) is 1. The number of esters is 1. The highest BCUT2D eigenvalue weighted by Gasteiger charge is 2.68. The van der Waals surface area contributed by atoms with Crippen molar-refractivity contribution in [3.05, 3.63) is 29.3 Å². The molecule has 0 N–H and O–H groups in total. The molecule has 5 nitrogen and oxygen atoms in total. The number of carbonyl (C=O) groups is 2. The molecule has 20 heavy (non-hydrogen) atoms. The molecule has 1 saturated carbocycles. The van der Waals surface area contributed by atoms with E-state index >= 15 is 0 Å². The smallest absolute Gasteiger partial charge is 0.332 e. The predicted octanol–water partition coefficient (Wildman–Crippen LogP) is 1.57. The average Bonchev–Trinajstić information content (AvgIpc) is 3.21. The molecular weight excluding hydrogens is 258 g/mol. The normalized spacial score (nSPS) is 26.6. The Morgan fingerprint density at radius 1 is 1.50 bits per heavy atom. The number of carbonyl (C=O) groups excluding carboxylic acids is 2. The van der Waals surface area contributed by atoms with Crippen molar-refractivity contribution in [1.82, 2.24) is 4.90 Å². The van der Waals surface area contributed by atoms with Crippen molar-refractivity contribution in [3.63, 3.8) is 0 Å². The van der Waals surface area contributed by atoms with Crippen molar-refractivity contribution < 1.29 is 19.1 Å². The van der Waals surface area contributed by atoms with Gasteiger partial charge in [-0.25, -0.2) is 4.79 Å². The van der Waals surface area contributed by atoms with E-state index in [-0.39, 0.29) is 17.8 Å². The fourth-order valence-corrected chi connectivity index (χ4v) is 3.12. The van der Waals surface area contributed by atoms with E-state index in [1.165, 1.54) is 4.90 Å². The summed E-state index contributed by atoms with van der Waals surface area (Å²) in [6.45, 7) is 2.10. The number of rotatable bonds is 3. The number of fused-ring (bicyclic) bond motifs is 3. The average molecular weight is 275 g/mol. The van der Waals surface area contributed by atoms with Gasteiger partial charge in [0.2, 0.25) is 0 Å². The lowest BCUT2D eigenvalue weighted by molar-refractivity contribution is -0.150. The second-order valence-electron chi connectivity index (χ2n) is 5.22. The van der Waals surface area contributed by atoms with E-state index in [0.29, 0.717) is 24.3 Å². The van der Waals surface area contributed by atoms with Gasteiger partial charge in [-0.1, -0.05) is 6.07 Å². The SMILES string of the molecule is CCOC(=O)C12CC1c1ccc(OC)cc1C(=O)N2C. The summed E-state index contributed by atoms with van der Waals surface area (Å²) in [4.78, 5) is 26.2. The summed E-state index contributed by atoms with van der Waals surface area (Å²) in [6.07, 6.45) is 0.632. The molecule has 0 bridgehead atoms. The lowest BCUT2D eigenvalue weighted by atomic mass is 9.93. The lowest BCUT2D eigenvalue weighted by Crippen LogP contribution is -2.49. The molecule has 1 aromatic rings. The fraction of sp³-hybridized carbons (Fsp3) is 0.467. The van der Waals surface area contributed by atoms with Crippen LogP contribution in [0.2, 0.25) is 0 Å². The Morgan fingerprint density at radius 2 is 2.25 bits per heavy atom. The van der Waals surface area contributed by atoms with E-state index in [0.717, 1.165) is 5.56 Å². The van der Waals surface area contributed by atoms with Crippen molar-refractivity contribution in [2.75, 3.05) is 20.8 Å². The summed E-state index contributed by atoms with van der Waals surface area (Å²) in [6, 6.07) is 5.44. The lowest BCUT2D eigenvalue weighted by Gasteiger charge is -2.32. The van der Waals surface area contributed by atoms with Crippen LogP contribution in [0.3, 0.4) is 0 Å². The number of ether oxygens (including phenoxy) is 2. The Labute approximate surface area is 117 Å². The van der Waals surface area contributed by atoms with Gasteiger partial charge in [-0.2, -0.15) is 0 Å².